The van der Waals surface area contributed by atoms with Gasteiger partial charge in [-0.05, 0) is 32.0 Å². The molecule has 3 N–H and O–H groups in total. The van der Waals surface area contributed by atoms with Crippen LogP contribution in [0.1, 0.15) is 37.3 Å². The lowest BCUT2D eigenvalue weighted by Crippen LogP contribution is -2.48. The molecule has 2 aromatic rings. The third-order valence-corrected chi connectivity index (χ3v) is 4.49. The molecule has 0 saturated carbocycles. The summed E-state index contributed by atoms with van der Waals surface area (Å²) in [6, 6.07) is 4.73. The summed E-state index contributed by atoms with van der Waals surface area (Å²) >= 11 is 0. The van der Waals surface area contributed by atoms with Gasteiger partial charge in [-0.15, -0.1) is 0 Å². The number of carbonyl (C=O) groups is 2. The minimum atomic E-state index is -0.826. The van der Waals surface area contributed by atoms with Gasteiger partial charge in [-0.2, -0.15) is 0 Å². The van der Waals surface area contributed by atoms with Crippen LogP contribution in [-0.2, 0) is 9.53 Å². The number of urea groups is 1. The number of rotatable bonds is 7. The number of benzene rings is 1. The SMILES string of the molecule is CCOC(=O)C1=C(CN[C@@H](C)c2ccc(F)cc2F)NC(=O)N[C@@H]1c1ccco1. The minimum Gasteiger partial charge on any atom is -0.467 e. The summed E-state index contributed by atoms with van der Waals surface area (Å²) in [5, 5.41) is 8.28. The van der Waals surface area contributed by atoms with Crippen LogP contribution in [0.15, 0.2) is 52.3 Å². The maximum absolute atomic E-state index is 14.0. The van der Waals surface area contributed by atoms with Gasteiger partial charge in [0.2, 0.25) is 0 Å². The van der Waals surface area contributed by atoms with Gasteiger partial charge in [0.05, 0.1) is 18.4 Å². The topological polar surface area (TPSA) is 92.6 Å². The second kappa shape index (κ2) is 8.87. The molecule has 154 valence electrons. The average molecular weight is 405 g/mol. The lowest BCUT2D eigenvalue weighted by molar-refractivity contribution is -0.139. The average Bonchev–Trinajstić information content (AvgIpc) is 3.20. The van der Waals surface area contributed by atoms with E-state index < -0.39 is 35.7 Å². The zero-order valence-corrected chi connectivity index (χ0v) is 15.9. The summed E-state index contributed by atoms with van der Waals surface area (Å²) in [5.74, 6) is -1.60. The Morgan fingerprint density at radius 3 is 2.79 bits per heavy atom. The Morgan fingerprint density at radius 1 is 1.34 bits per heavy atom. The van der Waals surface area contributed by atoms with E-state index in [2.05, 4.69) is 16.0 Å². The number of furan rings is 1. The maximum atomic E-state index is 14.0. The molecular formula is C20H21F2N3O4. The molecule has 9 heteroatoms. The Hall–Kier alpha value is -3.20. The van der Waals surface area contributed by atoms with Crippen LogP contribution in [0.5, 0.6) is 0 Å². The molecule has 0 unspecified atom stereocenters. The predicted molar refractivity (Wildman–Crippen MR) is 99.6 cm³/mol. The standard InChI is InChI=1S/C20H21F2N3O4/c1-3-28-19(26)17-15(24-20(27)25-18(17)16-5-4-8-29-16)10-23-11(2)13-7-6-12(21)9-14(13)22/h4-9,11,18,23H,3,10H2,1-2H3,(H2,24,25,27)/t11-,18+/m0/s1. The van der Waals surface area contributed by atoms with Crippen molar-refractivity contribution in [2.45, 2.75) is 25.9 Å². The predicted octanol–water partition coefficient (Wildman–Crippen LogP) is 3.08. The first kappa shape index (κ1) is 20.5. The van der Waals surface area contributed by atoms with Crippen molar-refractivity contribution in [1.29, 1.82) is 0 Å². The third kappa shape index (κ3) is 4.62. The lowest BCUT2D eigenvalue weighted by Gasteiger charge is -2.28. The lowest BCUT2D eigenvalue weighted by atomic mass is 9.99. The molecule has 7 nitrogen and oxygen atoms in total. The van der Waals surface area contributed by atoms with Crippen LogP contribution < -0.4 is 16.0 Å². The summed E-state index contributed by atoms with van der Waals surface area (Å²) in [6.45, 7) is 3.55. The summed E-state index contributed by atoms with van der Waals surface area (Å²) in [7, 11) is 0. The van der Waals surface area contributed by atoms with Crippen molar-refractivity contribution in [3.8, 4) is 0 Å². The highest BCUT2D eigenvalue weighted by molar-refractivity contribution is 5.95. The highest BCUT2D eigenvalue weighted by Gasteiger charge is 2.35. The first-order chi connectivity index (χ1) is 13.9. The molecule has 2 heterocycles. The van der Waals surface area contributed by atoms with Crippen molar-refractivity contribution in [3.63, 3.8) is 0 Å². The number of esters is 1. The highest BCUT2D eigenvalue weighted by atomic mass is 19.1. The number of hydrogen-bond donors (Lipinski definition) is 3. The van der Waals surface area contributed by atoms with Crippen molar-refractivity contribution < 1.29 is 27.5 Å². The van der Waals surface area contributed by atoms with Crippen molar-refractivity contribution in [3.05, 3.63) is 70.8 Å². The van der Waals surface area contributed by atoms with Gasteiger partial charge in [-0.3, -0.25) is 0 Å². The van der Waals surface area contributed by atoms with E-state index in [0.717, 1.165) is 6.07 Å². The van der Waals surface area contributed by atoms with Crippen LogP contribution in [0.2, 0.25) is 0 Å². The van der Waals surface area contributed by atoms with Crippen molar-refractivity contribution in [2.75, 3.05) is 13.2 Å². The molecular weight excluding hydrogens is 384 g/mol. The molecule has 1 aliphatic heterocycles. The molecule has 2 atom stereocenters. The van der Waals surface area contributed by atoms with Gasteiger partial charge in [-0.25, -0.2) is 18.4 Å². The van der Waals surface area contributed by atoms with E-state index in [1.165, 1.54) is 18.4 Å². The first-order valence-electron chi connectivity index (χ1n) is 9.10. The summed E-state index contributed by atoms with van der Waals surface area (Å²) in [6.07, 6.45) is 1.43. The molecule has 1 aliphatic rings. The van der Waals surface area contributed by atoms with E-state index in [0.29, 0.717) is 5.76 Å². The molecule has 1 aromatic carbocycles. The molecule has 3 rings (SSSR count). The normalized spacial score (nSPS) is 17.5. The highest BCUT2D eigenvalue weighted by Crippen LogP contribution is 2.28. The van der Waals surface area contributed by atoms with Gasteiger partial charge in [0.25, 0.3) is 0 Å². The second-order valence-corrected chi connectivity index (χ2v) is 6.43. The van der Waals surface area contributed by atoms with Crippen LogP contribution in [0, 0.1) is 11.6 Å². The Labute approximate surface area is 166 Å². The number of amides is 2. The van der Waals surface area contributed by atoms with Gasteiger partial charge in [0.15, 0.2) is 0 Å². The maximum Gasteiger partial charge on any atom is 0.338 e. The molecule has 0 fully saturated rings. The van der Waals surface area contributed by atoms with Crippen LogP contribution >= 0.6 is 0 Å². The van der Waals surface area contributed by atoms with Crippen LogP contribution in [0.3, 0.4) is 0 Å². The molecule has 0 aliphatic carbocycles. The van der Waals surface area contributed by atoms with E-state index in [9.17, 15) is 18.4 Å². The summed E-state index contributed by atoms with van der Waals surface area (Å²) < 4.78 is 37.7. The molecule has 0 bridgehead atoms. The Bertz CT molecular complexity index is 928. The molecule has 0 spiro atoms. The number of ether oxygens (including phenoxy) is 1. The van der Waals surface area contributed by atoms with Gasteiger partial charge in [0.1, 0.15) is 23.4 Å². The fraction of sp³-hybridized carbons (Fsp3) is 0.300. The Kier molecular flexibility index (Phi) is 6.28. The first-order valence-corrected chi connectivity index (χ1v) is 9.10. The van der Waals surface area contributed by atoms with Crippen LogP contribution in [-0.4, -0.2) is 25.2 Å². The van der Waals surface area contributed by atoms with Crippen molar-refractivity contribution in [1.82, 2.24) is 16.0 Å². The van der Waals surface area contributed by atoms with Crippen molar-refractivity contribution in [2.24, 2.45) is 0 Å². The smallest absolute Gasteiger partial charge is 0.338 e. The molecule has 0 radical (unpaired) electrons. The molecule has 1 aromatic heterocycles. The Morgan fingerprint density at radius 2 is 2.14 bits per heavy atom. The van der Waals surface area contributed by atoms with E-state index in [4.69, 9.17) is 9.15 Å². The molecule has 2 amide bonds. The van der Waals surface area contributed by atoms with Crippen LogP contribution in [0.25, 0.3) is 0 Å². The fourth-order valence-electron chi connectivity index (χ4n) is 3.09. The van der Waals surface area contributed by atoms with Gasteiger partial charge in [-0.1, -0.05) is 6.07 Å². The number of carbonyl (C=O) groups excluding carboxylic acids is 2. The van der Waals surface area contributed by atoms with Gasteiger partial charge in [0, 0.05) is 29.9 Å². The van der Waals surface area contributed by atoms with E-state index in [-0.39, 0.29) is 30.0 Å². The van der Waals surface area contributed by atoms with E-state index in [1.54, 1.807) is 26.0 Å². The molecule has 0 saturated heterocycles. The number of halogens is 2. The summed E-state index contributed by atoms with van der Waals surface area (Å²) in [5.41, 5.74) is 0.719. The molecule has 29 heavy (non-hydrogen) atoms. The second-order valence-electron chi connectivity index (χ2n) is 6.43. The van der Waals surface area contributed by atoms with Gasteiger partial charge < -0.3 is 25.1 Å². The summed E-state index contributed by atoms with van der Waals surface area (Å²) in [4.78, 5) is 24.7. The fourth-order valence-corrected chi connectivity index (χ4v) is 3.09. The zero-order valence-electron chi connectivity index (χ0n) is 15.9. The number of hydrogen-bond acceptors (Lipinski definition) is 5. The van der Waals surface area contributed by atoms with Crippen LogP contribution in [0.4, 0.5) is 13.6 Å². The number of nitrogens with one attached hydrogen (secondary N) is 3. The van der Waals surface area contributed by atoms with Crippen molar-refractivity contribution >= 4 is 12.0 Å². The Balaban J connectivity index is 1.88. The largest absolute Gasteiger partial charge is 0.467 e. The van der Waals surface area contributed by atoms with E-state index >= 15 is 0 Å². The van der Waals surface area contributed by atoms with Gasteiger partial charge >= 0.3 is 12.0 Å². The minimum absolute atomic E-state index is 0.0385. The van der Waals surface area contributed by atoms with E-state index in [1.807, 2.05) is 0 Å². The third-order valence-electron chi connectivity index (χ3n) is 4.49. The quantitative estimate of drug-likeness (QED) is 0.616. The zero-order chi connectivity index (χ0) is 21.0. The monoisotopic (exact) mass is 405 g/mol.